The molecule has 0 bridgehead atoms. The second kappa shape index (κ2) is 11.1. The molecule has 1 aliphatic rings. The van der Waals surface area contributed by atoms with Crippen LogP contribution in [0.15, 0.2) is 58.8 Å². The molecular formula is C27H24FNO8S. The van der Waals surface area contributed by atoms with Crippen molar-refractivity contribution in [3.05, 3.63) is 82.3 Å². The van der Waals surface area contributed by atoms with E-state index in [-0.39, 0.29) is 60.1 Å². The molecule has 1 aromatic heterocycles. The van der Waals surface area contributed by atoms with Gasteiger partial charge in [-0.05, 0) is 36.4 Å². The van der Waals surface area contributed by atoms with Gasteiger partial charge in [0.2, 0.25) is 9.84 Å². The maximum Gasteiger partial charge on any atom is 0.204 e. The smallest absolute Gasteiger partial charge is 0.204 e. The van der Waals surface area contributed by atoms with E-state index in [0.29, 0.717) is 17.1 Å². The van der Waals surface area contributed by atoms with E-state index in [1.807, 2.05) is 0 Å². The lowest BCUT2D eigenvalue weighted by molar-refractivity contribution is 0.0914. The molecule has 3 aromatic rings. The second-order valence-electron chi connectivity index (χ2n) is 8.22. The van der Waals surface area contributed by atoms with E-state index in [9.17, 15) is 22.4 Å². The maximum atomic E-state index is 14.3. The minimum atomic E-state index is -4.05. The minimum absolute atomic E-state index is 0.00193. The lowest BCUT2D eigenvalue weighted by Crippen LogP contribution is -2.09. The fourth-order valence-corrected chi connectivity index (χ4v) is 5.54. The highest BCUT2D eigenvalue weighted by atomic mass is 32.2. The number of benzene rings is 2. The number of Topliss-reactive ketones (excluding diaryl/α,β-unsaturated/α-hetero) is 2. The summed E-state index contributed by atoms with van der Waals surface area (Å²) in [5.74, 6) is -0.761. The second-order valence-corrected chi connectivity index (χ2v) is 9.96. The maximum absolute atomic E-state index is 14.3. The Kier molecular flexibility index (Phi) is 7.88. The highest BCUT2D eigenvalue weighted by Crippen LogP contribution is 2.41. The number of nitrogens with zero attached hydrogens (tertiary/aromatic N) is 1. The summed E-state index contributed by atoms with van der Waals surface area (Å²) < 4.78 is 55.4. The standard InChI is InChI=1S/C27H24FNO8S/c1-35-24-11-7-20(29-26(24)18-15-38(33,34)27-17(18)4-3-5-19(27)28)22(32)9-8-21(31)16-6-10-23(37-13-12-30)25(14-16)36-2/h3-7,10-11,14-15,30H,8-9,12-13H2,1-2H3. The first kappa shape index (κ1) is 27.0. The van der Waals surface area contributed by atoms with Crippen molar-refractivity contribution in [1.29, 1.82) is 0 Å². The van der Waals surface area contributed by atoms with Crippen LogP contribution in [0.25, 0.3) is 5.57 Å². The Morgan fingerprint density at radius 3 is 2.37 bits per heavy atom. The van der Waals surface area contributed by atoms with Gasteiger partial charge in [0.1, 0.15) is 34.5 Å². The van der Waals surface area contributed by atoms with Gasteiger partial charge in [0.25, 0.3) is 0 Å². The lowest BCUT2D eigenvalue weighted by atomic mass is 10.0. The summed E-state index contributed by atoms with van der Waals surface area (Å²) in [6, 6.07) is 11.4. The molecule has 0 fully saturated rings. The van der Waals surface area contributed by atoms with Crippen LogP contribution in [0.3, 0.4) is 0 Å². The van der Waals surface area contributed by atoms with E-state index < -0.39 is 26.3 Å². The number of rotatable bonds is 11. The molecule has 198 valence electrons. The molecule has 0 radical (unpaired) electrons. The highest BCUT2D eigenvalue weighted by Gasteiger charge is 2.33. The Balaban J connectivity index is 1.56. The molecule has 0 saturated heterocycles. The largest absolute Gasteiger partial charge is 0.494 e. The molecule has 0 amide bonds. The van der Waals surface area contributed by atoms with Gasteiger partial charge in [-0.2, -0.15) is 0 Å². The van der Waals surface area contributed by atoms with Crippen molar-refractivity contribution in [2.75, 3.05) is 27.4 Å². The summed E-state index contributed by atoms with van der Waals surface area (Å²) >= 11 is 0. The first-order valence-electron chi connectivity index (χ1n) is 11.5. The average Bonchev–Trinajstić information content (AvgIpc) is 3.21. The van der Waals surface area contributed by atoms with Crippen LogP contribution in [-0.4, -0.2) is 57.5 Å². The van der Waals surface area contributed by atoms with Gasteiger partial charge in [-0.1, -0.05) is 12.1 Å². The van der Waals surface area contributed by atoms with E-state index in [1.165, 1.54) is 50.6 Å². The van der Waals surface area contributed by atoms with Crippen LogP contribution in [0.2, 0.25) is 0 Å². The van der Waals surface area contributed by atoms with Gasteiger partial charge >= 0.3 is 0 Å². The number of ketones is 2. The number of halogens is 1. The van der Waals surface area contributed by atoms with Crippen molar-refractivity contribution in [1.82, 2.24) is 4.98 Å². The first-order chi connectivity index (χ1) is 18.2. The van der Waals surface area contributed by atoms with Gasteiger partial charge in [-0.3, -0.25) is 9.59 Å². The molecule has 0 spiro atoms. The first-order valence-corrected chi connectivity index (χ1v) is 13.0. The molecule has 38 heavy (non-hydrogen) atoms. The number of aromatic nitrogens is 1. The number of ether oxygens (including phenoxy) is 3. The predicted octanol–water partition coefficient (Wildman–Crippen LogP) is 3.63. The molecule has 4 rings (SSSR count). The van der Waals surface area contributed by atoms with Crippen molar-refractivity contribution in [2.45, 2.75) is 17.7 Å². The van der Waals surface area contributed by atoms with Gasteiger partial charge < -0.3 is 19.3 Å². The van der Waals surface area contributed by atoms with Crippen LogP contribution < -0.4 is 14.2 Å². The summed E-state index contributed by atoms with van der Waals surface area (Å²) in [6.07, 6.45) is -0.280. The lowest BCUT2D eigenvalue weighted by Gasteiger charge is -2.12. The zero-order chi connectivity index (χ0) is 27.4. The number of fused-ring (bicyclic) bond motifs is 1. The van der Waals surface area contributed by atoms with Crippen molar-refractivity contribution < 1.29 is 41.7 Å². The van der Waals surface area contributed by atoms with Crippen LogP contribution >= 0.6 is 0 Å². The Labute approximate surface area is 218 Å². The molecular weight excluding hydrogens is 517 g/mol. The molecule has 0 aliphatic carbocycles. The van der Waals surface area contributed by atoms with Gasteiger partial charge in [-0.25, -0.2) is 17.8 Å². The Morgan fingerprint density at radius 1 is 0.947 bits per heavy atom. The fourth-order valence-electron chi connectivity index (χ4n) is 4.05. The van der Waals surface area contributed by atoms with Gasteiger partial charge in [0, 0.05) is 34.9 Å². The number of carbonyl (C=O) groups excluding carboxylic acids is 2. The molecule has 9 nitrogen and oxygen atoms in total. The predicted molar refractivity (Wildman–Crippen MR) is 135 cm³/mol. The third-order valence-electron chi connectivity index (χ3n) is 5.85. The van der Waals surface area contributed by atoms with Crippen LogP contribution in [0.1, 0.15) is 44.9 Å². The van der Waals surface area contributed by atoms with Crippen LogP contribution in [-0.2, 0) is 9.84 Å². The fraction of sp³-hybridized carbons (Fsp3) is 0.222. The average molecular weight is 542 g/mol. The van der Waals surface area contributed by atoms with Crippen LogP contribution in [0.5, 0.6) is 17.2 Å². The van der Waals surface area contributed by atoms with E-state index in [1.54, 1.807) is 6.07 Å². The third kappa shape index (κ3) is 5.29. The van der Waals surface area contributed by atoms with Gasteiger partial charge in [0.15, 0.2) is 23.1 Å². The SMILES string of the molecule is COc1cc(C(=O)CCC(=O)c2ccc(OC)c(C3=CS(=O)(=O)c4c(F)cccc43)n2)ccc1OCCO. The summed E-state index contributed by atoms with van der Waals surface area (Å²) in [6.45, 7) is -0.109. The van der Waals surface area contributed by atoms with Crippen LogP contribution in [0, 0.1) is 5.82 Å². The van der Waals surface area contributed by atoms with Crippen molar-refractivity contribution in [3.8, 4) is 17.2 Å². The zero-order valence-corrected chi connectivity index (χ0v) is 21.4. The molecule has 0 saturated carbocycles. The van der Waals surface area contributed by atoms with Crippen LogP contribution in [0.4, 0.5) is 4.39 Å². The number of aliphatic hydroxyl groups excluding tert-OH is 1. The quantitative estimate of drug-likeness (QED) is 0.362. The van der Waals surface area contributed by atoms with E-state index in [4.69, 9.17) is 19.3 Å². The molecule has 11 heteroatoms. The highest BCUT2D eigenvalue weighted by molar-refractivity contribution is 7.95. The molecule has 2 heterocycles. The molecule has 0 unspecified atom stereocenters. The number of aliphatic hydroxyl groups is 1. The summed E-state index contributed by atoms with van der Waals surface area (Å²) in [5, 5.41) is 9.83. The van der Waals surface area contributed by atoms with Crippen molar-refractivity contribution >= 4 is 27.0 Å². The molecule has 0 atom stereocenters. The summed E-state index contributed by atoms with van der Waals surface area (Å²) in [4.78, 5) is 29.6. The number of carbonyl (C=O) groups is 2. The number of hydrogen-bond donors (Lipinski definition) is 1. The molecule has 1 aliphatic heterocycles. The third-order valence-corrected chi connectivity index (χ3v) is 7.38. The van der Waals surface area contributed by atoms with Gasteiger partial charge in [-0.15, -0.1) is 0 Å². The number of methoxy groups -OCH3 is 2. The number of sulfone groups is 1. The summed E-state index contributed by atoms with van der Waals surface area (Å²) in [5.41, 5.74) is 0.617. The Morgan fingerprint density at radius 2 is 1.66 bits per heavy atom. The van der Waals surface area contributed by atoms with E-state index in [2.05, 4.69) is 4.98 Å². The van der Waals surface area contributed by atoms with E-state index >= 15 is 0 Å². The van der Waals surface area contributed by atoms with Crippen molar-refractivity contribution in [3.63, 3.8) is 0 Å². The Bertz CT molecular complexity index is 1550. The number of pyridine rings is 1. The molecule has 1 N–H and O–H groups in total. The molecule has 2 aromatic carbocycles. The normalized spacial score (nSPS) is 13.4. The summed E-state index contributed by atoms with van der Waals surface area (Å²) in [7, 11) is -1.26. The van der Waals surface area contributed by atoms with Crippen molar-refractivity contribution in [2.24, 2.45) is 0 Å². The monoisotopic (exact) mass is 541 g/mol. The number of hydrogen-bond acceptors (Lipinski definition) is 9. The zero-order valence-electron chi connectivity index (χ0n) is 20.6. The minimum Gasteiger partial charge on any atom is -0.494 e. The Hall–Kier alpha value is -4.09. The van der Waals surface area contributed by atoms with Gasteiger partial charge in [0.05, 0.1) is 20.8 Å². The topological polar surface area (TPSA) is 129 Å². The van der Waals surface area contributed by atoms with E-state index in [0.717, 1.165) is 11.5 Å².